The Bertz CT molecular complexity index is 833. The molecule has 3 N–H and O–H groups in total. The number of carboxylic acid groups (broad SMARTS) is 1. The summed E-state index contributed by atoms with van der Waals surface area (Å²) in [5.74, 6) is -0.443. The van der Waals surface area contributed by atoms with E-state index in [1.807, 2.05) is 42.5 Å². The van der Waals surface area contributed by atoms with Crippen LogP contribution < -0.4 is 15.4 Å². The number of aliphatic carboxylic acids is 1. The Labute approximate surface area is 190 Å². The molecule has 1 heterocycles. The summed E-state index contributed by atoms with van der Waals surface area (Å²) in [6.07, 6.45) is 5.76. The van der Waals surface area contributed by atoms with Crippen LogP contribution in [0.15, 0.2) is 54.6 Å². The fourth-order valence-electron chi connectivity index (χ4n) is 4.14. The second-order valence-corrected chi connectivity index (χ2v) is 8.46. The van der Waals surface area contributed by atoms with Crippen molar-refractivity contribution in [1.29, 1.82) is 0 Å². The lowest BCUT2D eigenvalue weighted by Crippen LogP contribution is -2.30. The quantitative estimate of drug-likeness (QED) is 0.434. The number of ether oxygens (including phenoxy) is 1. The van der Waals surface area contributed by atoms with Gasteiger partial charge < -0.3 is 20.5 Å². The van der Waals surface area contributed by atoms with E-state index in [4.69, 9.17) is 4.74 Å². The molecule has 1 unspecified atom stereocenters. The summed E-state index contributed by atoms with van der Waals surface area (Å²) in [5.41, 5.74) is 1.65. The Hall–Kier alpha value is -2.86. The van der Waals surface area contributed by atoms with Gasteiger partial charge in [-0.3, -0.25) is 9.59 Å². The summed E-state index contributed by atoms with van der Waals surface area (Å²) >= 11 is 0. The zero-order valence-electron chi connectivity index (χ0n) is 18.6. The molecule has 1 fully saturated rings. The summed E-state index contributed by atoms with van der Waals surface area (Å²) in [6.45, 7) is 3.32. The topological polar surface area (TPSA) is 87.7 Å². The summed E-state index contributed by atoms with van der Waals surface area (Å²) in [7, 11) is 0. The lowest BCUT2D eigenvalue weighted by Gasteiger charge is -2.22. The molecule has 3 rings (SSSR count). The van der Waals surface area contributed by atoms with Crippen molar-refractivity contribution in [2.24, 2.45) is 5.92 Å². The van der Waals surface area contributed by atoms with Crippen LogP contribution in [0.4, 0.5) is 0 Å². The first-order valence-electron chi connectivity index (χ1n) is 11.6. The Balaban J connectivity index is 1.46. The first kappa shape index (κ1) is 23.8. The number of carbonyl (C=O) groups excluding carboxylic acids is 1. The Morgan fingerprint density at radius 1 is 1.03 bits per heavy atom. The predicted molar refractivity (Wildman–Crippen MR) is 125 cm³/mol. The maximum atomic E-state index is 12.7. The third-order valence-corrected chi connectivity index (χ3v) is 6.02. The van der Waals surface area contributed by atoms with Crippen molar-refractivity contribution < 1.29 is 19.4 Å². The summed E-state index contributed by atoms with van der Waals surface area (Å²) in [6, 6.07) is 16.8. The van der Waals surface area contributed by atoms with Gasteiger partial charge in [0.1, 0.15) is 5.75 Å². The van der Waals surface area contributed by atoms with Gasteiger partial charge in [-0.1, -0.05) is 48.9 Å². The molecule has 2 aromatic carbocycles. The van der Waals surface area contributed by atoms with E-state index in [1.165, 1.54) is 25.7 Å². The molecule has 0 saturated carbocycles. The largest absolute Gasteiger partial charge is 0.494 e. The van der Waals surface area contributed by atoms with Crippen molar-refractivity contribution in [3.05, 3.63) is 65.7 Å². The van der Waals surface area contributed by atoms with Gasteiger partial charge in [-0.25, -0.2) is 0 Å². The first-order chi connectivity index (χ1) is 15.6. The van der Waals surface area contributed by atoms with E-state index >= 15 is 0 Å². The molecule has 0 bridgehead atoms. The number of hydrogen-bond acceptors (Lipinski definition) is 4. The summed E-state index contributed by atoms with van der Waals surface area (Å²) in [5, 5.41) is 15.5. The van der Waals surface area contributed by atoms with Crippen LogP contribution in [0.2, 0.25) is 0 Å². The minimum Gasteiger partial charge on any atom is -0.494 e. The van der Waals surface area contributed by atoms with E-state index in [-0.39, 0.29) is 12.3 Å². The highest BCUT2D eigenvalue weighted by Crippen LogP contribution is 2.24. The first-order valence-corrected chi connectivity index (χ1v) is 11.6. The standard InChI is InChI=1S/C26H34N2O4/c29-25(30)18-24(26(31)28-19-21-7-2-1-3-8-21)22-9-11-23(12-10-22)32-17-5-4-6-20-13-15-27-16-14-20/h1-3,7-12,20,24,27H,4-6,13-19H2,(H,28,31)(H,29,30). The van der Waals surface area contributed by atoms with Crippen LogP contribution in [0, 0.1) is 5.92 Å². The van der Waals surface area contributed by atoms with Crippen LogP contribution in [-0.4, -0.2) is 36.7 Å². The molecule has 0 radical (unpaired) electrons. The number of nitrogens with one attached hydrogen (secondary N) is 2. The number of unbranched alkanes of at least 4 members (excludes halogenated alkanes) is 1. The Morgan fingerprint density at radius 3 is 2.44 bits per heavy atom. The zero-order chi connectivity index (χ0) is 22.6. The average molecular weight is 439 g/mol. The normalized spacial score (nSPS) is 15.1. The van der Waals surface area contributed by atoms with Crippen molar-refractivity contribution in [2.75, 3.05) is 19.7 Å². The van der Waals surface area contributed by atoms with Crippen molar-refractivity contribution in [3.8, 4) is 5.75 Å². The highest BCUT2D eigenvalue weighted by Gasteiger charge is 2.23. The number of rotatable bonds is 12. The molecule has 32 heavy (non-hydrogen) atoms. The molecule has 1 aliphatic heterocycles. The Morgan fingerprint density at radius 2 is 1.75 bits per heavy atom. The highest BCUT2D eigenvalue weighted by atomic mass is 16.5. The summed E-state index contributed by atoms with van der Waals surface area (Å²) in [4.78, 5) is 24.0. The number of amides is 1. The smallest absolute Gasteiger partial charge is 0.304 e. The molecule has 0 aromatic heterocycles. The van der Waals surface area contributed by atoms with Crippen LogP contribution >= 0.6 is 0 Å². The number of benzene rings is 2. The van der Waals surface area contributed by atoms with Gasteiger partial charge in [-0.15, -0.1) is 0 Å². The van der Waals surface area contributed by atoms with E-state index < -0.39 is 11.9 Å². The fourth-order valence-corrected chi connectivity index (χ4v) is 4.14. The highest BCUT2D eigenvalue weighted by molar-refractivity contribution is 5.87. The number of carbonyl (C=O) groups is 2. The minimum absolute atomic E-state index is 0.252. The second kappa shape index (κ2) is 12.9. The van der Waals surface area contributed by atoms with E-state index in [9.17, 15) is 14.7 Å². The molecule has 1 saturated heterocycles. The van der Waals surface area contributed by atoms with Gasteiger partial charge in [0.2, 0.25) is 5.91 Å². The molecular formula is C26H34N2O4. The van der Waals surface area contributed by atoms with Crippen LogP contribution in [0.25, 0.3) is 0 Å². The van der Waals surface area contributed by atoms with Crippen LogP contribution in [0.1, 0.15) is 55.6 Å². The maximum Gasteiger partial charge on any atom is 0.304 e. The van der Waals surface area contributed by atoms with Crippen LogP contribution in [0.3, 0.4) is 0 Å². The molecule has 6 nitrogen and oxygen atoms in total. The minimum atomic E-state index is -1.00. The third kappa shape index (κ3) is 8.00. The molecule has 1 aliphatic rings. The zero-order valence-corrected chi connectivity index (χ0v) is 18.6. The Kier molecular flexibility index (Phi) is 9.57. The molecule has 172 valence electrons. The fraction of sp³-hybridized carbons (Fsp3) is 0.462. The molecular weight excluding hydrogens is 404 g/mol. The van der Waals surface area contributed by atoms with Crippen molar-refractivity contribution in [3.63, 3.8) is 0 Å². The van der Waals surface area contributed by atoms with E-state index in [2.05, 4.69) is 10.6 Å². The molecule has 2 aromatic rings. The van der Waals surface area contributed by atoms with Crippen LogP contribution in [0.5, 0.6) is 5.75 Å². The van der Waals surface area contributed by atoms with Gasteiger partial charge in [0.25, 0.3) is 0 Å². The average Bonchev–Trinajstić information content (AvgIpc) is 2.82. The summed E-state index contributed by atoms with van der Waals surface area (Å²) < 4.78 is 5.85. The monoisotopic (exact) mass is 438 g/mol. The molecule has 1 atom stereocenters. The van der Waals surface area contributed by atoms with Gasteiger partial charge in [0.05, 0.1) is 18.9 Å². The van der Waals surface area contributed by atoms with Crippen molar-refractivity contribution in [2.45, 2.75) is 51.0 Å². The molecule has 0 aliphatic carbocycles. The number of carboxylic acids is 1. The third-order valence-electron chi connectivity index (χ3n) is 6.02. The lowest BCUT2D eigenvalue weighted by atomic mass is 9.93. The second-order valence-electron chi connectivity index (χ2n) is 8.46. The van der Waals surface area contributed by atoms with Crippen LogP contribution in [-0.2, 0) is 16.1 Å². The lowest BCUT2D eigenvalue weighted by molar-refractivity contribution is -0.139. The van der Waals surface area contributed by atoms with E-state index in [0.717, 1.165) is 36.7 Å². The number of hydrogen-bond donors (Lipinski definition) is 3. The van der Waals surface area contributed by atoms with E-state index in [0.29, 0.717) is 18.7 Å². The van der Waals surface area contributed by atoms with Gasteiger partial charge in [-0.2, -0.15) is 0 Å². The van der Waals surface area contributed by atoms with Gasteiger partial charge >= 0.3 is 5.97 Å². The van der Waals surface area contributed by atoms with Gasteiger partial charge in [0, 0.05) is 6.54 Å². The molecule has 0 spiro atoms. The van der Waals surface area contributed by atoms with E-state index in [1.54, 1.807) is 12.1 Å². The van der Waals surface area contributed by atoms with Gasteiger partial charge in [-0.05, 0) is 68.0 Å². The SMILES string of the molecule is O=C(O)CC(C(=O)NCc1ccccc1)c1ccc(OCCCCC2CCNCC2)cc1. The predicted octanol–water partition coefficient (Wildman–Crippen LogP) is 4.11. The molecule has 1 amide bonds. The van der Waals surface area contributed by atoms with Crippen molar-refractivity contribution >= 4 is 11.9 Å². The maximum absolute atomic E-state index is 12.7. The van der Waals surface area contributed by atoms with Gasteiger partial charge in [0.15, 0.2) is 0 Å². The van der Waals surface area contributed by atoms with Crippen molar-refractivity contribution in [1.82, 2.24) is 10.6 Å². The molecule has 6 heteroatoms. The number of piperidine rings is 1.